The maximum atomic E-state index is 13.1. The van der Waals surface area contributed by atoms with Crippen LogP contribution in [0.4, 0.5) is 10.1 Å². The first-order valence-electron chi connectivity index (χ1n) is 10.4. The Kier molecular flexibility index (Phi) is 7.21. The Bertz CT molecular complexity index is 874. The number of likely N-dealkylation sites (N-methyl/N-ethyl adjacent to an activating group) is 1. The molecular formula is C24H30FN3O2. The number of likely N-dealkylation sites (tertiary alicyclic amines) is 1. The van der Waals surface area contributed by atoms with Crippen LogP contribution < -0.4 is 10.2 Å². The van der Waals surface area contributed by atoms with E-state index in [0.29, 0.717) is 17.5 Å². The van der Waals surface area contributed by atoms with Crippen molar-refractivity contribution < 1.29 is 14.0 Å². The molecule has 1 saturated heterocycles. The lowest BCUT2D eigenvalue weighted by Gasteiger charge is -2.35. The lowest BCUT2D eigenvalue weighted by molar-refractivity contribution is -0.137. The Morgan fingerprint density at radius 1 is 1.03 bits per heavy atom. The Morgan fingerprint density at radius 3 is 2.27 bits per heavy atom. The molecule has 0 aliphatic carbocycles. The number of amides is 2. The van der Waals surface area contributed by atoms with Crippen molar-refractivity contribution in [3.05, 3.63) is 65.5 Å². The van der Waals surface area contributed by atoms with Gasteiger partial charge in [0.2, 0.25) is 0 Å². The smallest absolute Gasteiger partial charge is 0.316 e. The van der Waals surface area contributed by atoms with Gasteiger partial charge in [-0.15, -0.1) is 0 Å². The van der Waals surface area contributed by atoms with Crippen LogP contribution in [0.15, 0.2) is 48.5 Å². The number of hydrogen-bond donors (Lipinski definition) is 1. The van der Waals surface area contributed by atoms with E-state index in [9.17, 15) is 14.0 Å². The average Bonchev–Trinajstić information content (AvgIpc) is 2.71. The molecule has 1 aliphatic rings. The quantitative estimate of drug-likeness (QED) is 0.765. The zero-order valence-electron chi connectivity index (χ0n) is 17.9. The Labute approximate surface area is 177 Å². The van der Waals surface area contributed by atoms with Crippen molar-refractivity contribution in [3.8, 4) is 0 Å². The van der Waals surface area contributed by atoms with Crippen molar-refractivity contribution in [1.29, 1.82) is 0 Å². The Hall–Kier alpha value is -2.73. The van der Waals surface area contributed by atoms with Crippen LogP contribution in [0.2, 0.25) is 0 Å². The van der Waals surface area contributed by atoms with Crippen molar-refractivity contribution in [1.82, 2.24) is 10.2 Å². The highest BCUT2D eigenvalue weighted by atomic mass is 19.1. The largest absolute Gasteiger partial charge is 0.344 e. The second kappa shape index (κ2) is 9.85. The Morgan fingerprint density at radius 2 is 1.63 bits per heavy atom. The van der Waals surface area contributed by atoms with Gasteiger partial charge in [0.1, 0.15) is 5.82 Å². The van der Waals surface area contributed by atoms with E-state index in [1.807, 2.05) is 18.2 Å². The first-order chi connectivity index (χ1) is 14.3. The number of anilines is 1. The minimum atomic E-state index is -0.683. The van der Waals surface area contributed by atoms with Gasteiger partial charge in [0, 0.05) is 38.9 Å². The van der Waals surface area contributed by atoms with Gasteiger partial charge in [0.25, 0.3) is 0 Å². The number of hydrogen-bond acceptors (Lipinski definition) is 3. The van der Waals surface area contributed by atoms with Crippen molar-refractivity contribution in [2.45, 2.75) is 33.4 Å². The van der Waals surface area contributed by atoms with E-state index in [1.165, 1.54) is 48.2 Å². The van der Waals surface area contributed by atoms with Gasteiger partial charge >= 0.3 is 11.8 Å². The second-order valence-corrected chi connectivity index (χ2v) is 8.43. The molecule has 30 heavy (non-hydrogen) atoms. The van der Waals surface area contributed by atoms with E-state index in [2.05, 4.69) is 30.1 Å². The zero-order chi connectivity index (χ0) is 21.7. The number of halogens is 1. The number of carbonyl (C=O) groups excluding carboxylic acids is 2. The van der Waals surface area contributed by atoms with Crippen LogP contribution in [0.5, 0.6) is 0 Å². The molecule has 160 valence electrons. The summed E-state index contributed by atoms with van der Waals surface area (Å²) in [4.78, 5) is 28.5. The van der Waals surface area contributed by atoms with Gasteiger partial charge in [-0.1, -0.05) is 38.1 Å². The lowest BCUT2D eigenvalue weighted by Crippen LogP contribution is -2.41. The van der Waals surface area contributed by atoms with Crippen LogP contribution in [0.1, 0.15) is 31.4 Å². The molecule has 0 saturated carbocycles. The fraction of sp³-hybridized carbons (Fsp3) is 0.417. The molecule has 2 atom stereocenters. The molecule has 0 radical (unpaired) electrons. The molecule has 6 heteroatoms. The first kappa shape index (κ1) is 22.0. The van der Waals surface area contributed by atoms with Gasteiger partial charge in [-0.05, 0) is 53.6 Å². The van der Waals surface area contributed by atoms with Crippen LogP contribution in [0.25, 0.3) is 0 Å². The SMILES string of the molecule is CC1CC(C)CN(Cc2ccccc2CNC(=O)C(=O)N(C)c2ccc(F)cc2)C1. The molecule has 1 heterocycles. The summed E-state index contributed by atoms with van der Waals surface area (Å²) >= 11 is 0. The molecule has 2 unspecified atom stereocenters. The molecule has 3 rings (SSSR count). The summed E-state index contributed by atoms with van der Waals surface area (Å²) in [5.74, 6) is -0.395. The average molecular weight is 412 g/mol. The van der Waals surface area contributed by atoms with Gasteiger partial charge in [-0.2, -0.15) is 0 Å². The number of carbonyl (C=O) groups is 2. The highest BCUT2D eigenvalue weighted by Gasteiger charge is 2.23. The van der Waals surface area contributed by atoms with Crippen LogP contribution in [0, 0.1) is 17.7 Å². The molecule has 1 aliphatic heterocycles. The van der Waals surface area contributed by atoms with Crippen molar-refractivity contribution in [2.24, 2.45) is 11.8 Å². The summed E-state index contributed by atoms with van der Waals surface area (Å²) in [7, 11) is 1.50. The lowest BCUT2D eigenvalue weighted by atomic mass is 9.91. The number of nitrogens with one attached hydrogen (secondary N) is 1. The van der Waals surface area contributed by atoms with E-state index < -0.39 is 17.6 Å². The van der Waals surface area contributed by atoms with Crippen molar-refractivity contribution in [3.63, 3.8) is 0 Å². The summed E-state index contributed by atoms with van der Waals surface area (Å²) in [6, 6.07) is 13.5. The molecule has 0 aromatic heterocycles. The van der Waals surface area contributed by atoms with Crippen molar-refractivity contribution in [2.75, 3.05) is 25.0 Å². The minimum Gasteiger partial charge on any atom is -0.344 e. The predicted molar refractivity (Wildman–Crippen MR) is 116 cm³/mol. The fourth-order valence-electron chi connectivity index (χ4n) is 4.23. The summed E-state index contributed by atoms with van der Waals surface area (Å²) in [5.41, 5.74) is 2.64. The summed E-state index contributed by atoms with van der Waals surface area (Å²) in [6.07, 6.45) is 1.26. The monoisotopic (exact) mass is 411 g/mol. The van der Waals surface area contributed by atoms with Gasteiger partial charge in [-0.3, -0.25) is 14.5 Å². The maximum Gasteiger partial charge on any atom is 0.316 e. The Balaban J connectivity index is 1.60. The molecule has 1 N–H and O–H groups in total. The number of rotatable bonds is 5. The fourth-order valence-corrected chi connectivity index (χ4v) is 4.23. The van der Waals surface area contributed by atoms with E-state index >= 15 is 0 Å². The number of piperidine rings is 1. The van der Waals surface area contributed by atoms with Gasteiger partial charge < -0.3 is 10.2 Å². The molecule has 2 aromatic carbocycles. The minimum absolute atomic E-state index is 0.289. The van der Waals surface area contributed by atoms with E-state index in [1.54, 1.807) is 0 Å². The number of benzene rings is 2. The topological polar surface area (TPSA) is 52.7 Å². The highest BCUT2D eigenvalue weighted by molar-refractivity contribution is 6.40. The third-order valence-electron chi connectivity index (χ3n) is 5.61. The molecule has 1 fully saturated rings. The highest BCUT2D eigenvalue weighted by Crippen LogP contribution is 2.23. The first-order valence-corrected chi connectivity index (χ1v) is 10.4. The van der Waals surface area contributed by atoms with Crippen molar-refractivity contribution >= 4 is 17.5 Å². The van der Waals surface area contributed by atoms with Crippen LogP contribution in [-0.4, -0.2) is 36.9 Å². The maximum absolute atomic E-state index is 13.1. The third-order valence-corrected chi connectivity index (χ3v) is 5.61. The van der Waals surface area contributed by atoms with Crippen LogP contribution in [-0.2, 0) is 22.7 Å². The molecule has 2 amide bonds. The predicted octanol–water partition coefficient (Wildman–Crippen LogP) is 3.58. The van der Waals surface area contributed by atoms with Crippen LogP contribution >= 0.6 is 0 Å². The second-order valence-electron chi connectivity index (χ2n) is 8.43. The standard InChI is InChI=1S/C24H30FN3O2/c1-17-12-18(2)15-28(14-17)16-20-7-5-4-6-19(20)13-26-23(29)24(30)27(3)22-10-8-21(25)9-11-22/h4-11,17-18H,12-16H2,1-3H3,(H,26,29). The number of nitrogens with zero attached hydrogens (tertiary/aromatic N) is 2. The van der Waals surface area contributed by atoms with E-state index in [4.69, 9.17) is 0 Å². The third kappa shape index (κ3) is 5.66. The molecule has 2 aromatic rings. The van der Waals surface area contributed by atoms with Gasteiger partial charge in [0.05, 0.1) is 0 Å². The molecule has 0 spiro atoms. The zero-order valence-corrected chi connectivity index (χ0v) is 17.9. The summed E-state index contributed by atoms with van der Waals surface area (Å²) in [5, 5.41) is 2.73. The van der Waals surface area contributed by atoms with Crippen LogP contribution in [0.3, 0.4) is 0 Å². The van der Waals surface area contributed by atoms with E-state index in [-0.39, 0.29) is 6.54 Å². The normalized spacial score (nSPS) is 19.3. The van der Waals surface area contributed by atoms with E-state index in [0.717, 1.165) is 25.2 Å². The summed E-state index contributed by atoms with van der Waals surface area (Å²) in [6.45, 7) is 7.86. The van der Waals surface area contributed by atoms with Gasteiger partial charge in [-0.25, -0.2) is 4.39 Å². The molecular weight excluding hydrogens is 381 g/mol. The summed E-state index contributed by atoms with van der Waals surface area (Å²) < 4.78 is 13.1. The van der Waals surface area contributed by atoms with Gasteiger partial charge in [0.15, 0.2) is 0 Å². The molecule has 5 nitrogen and oxygen atoms in total. The molecule has 0 bridgehead atoms.